The monoisotopic (exact) mass is 344 g/mol. The SMILES string of the molecule is CC(C)S(=O)(=O)[C@H](C)C(=O)NCCN1CCc2sccc2C1. The molecule has 1 aromatic heterocycles. The van der Waals surface area contributed by atoms with Crippen LogP contribution < -0.4 is 5.32 Å². The Morgan fingerprint density at radius 1 is 1.41 bits per heavy atom. The average Bonchev–Trinajstić information content (AvgIpc) is 2.93. The van der Waals surface area contributed by atoms with Crippen LogP contribution in [-0.2, 0) is 27.6 Å². The highest BCUT2D eigenvalue weighted by Gasteiger charge is 2.30. The van der Waals surface area contributed by atoms with Crippen molar-refractivity contribution >= 4 is 27.1 Å². The summed E-state index contributed by atoms with van der Waals surface area (Å²) in [7, 11) is -3.39. The topological polar surface area (TPSA) is 66.5 Å². The number of sulfone groups is 1. The van der Waals surface area contributed by atoms with E-state index in [2.05, 4.69) is 21.7 Å². The van der Waals surface area contributed by atoms with Gasteiger partial charge < -0.3 is 5.32 Å². The Bertz CT molecular complexity index is 622. The van der Waals surface area contributed by atoms with E-state index in [-0.39, 0.29) is 0 Å². The zero-order chi connectivity index (χ0) is 16.3. The molecule has 2 heterocycles. The van der Waals surface area contributed by atoms with Gasteiger partial charge in [-0.15, -0.1) is 11.3 Å². The second kappa shape index (κ2) is 7.10. The van der Waals surface area contributed by atoms with Crippen LogP contribution in [0.4, 0.5) is 0 Å². The van der Waals surface area contributed by atoms with Gasteiger partial charge in [0, 0.05) is 31.1 Å². The first-order valence-corrected chi connectivity index (χ1v) is 10.1. The lowest BCUT2D eigenvalue weighted by molar-refractivity contribution is -0.120. The molecular weight excluding hydrogens is 320 g/mol. The summed E-state index contributed by atoms with van der Waals surface area (Å²) in [5, 5.41) is 3.35. The van der Waals surface area contributed by atoms with Crippen molar-refractivity contribution in [3.8, 4) is 0 Å². The van der Waals surface area contributed by atoms with Crippen LogP contribution in [0.1, 0.15) is 31.2 Å². The molecule has 0 bridgehead atoms. The van der Waals surface area contributed by atoms with E-state index in [4.69, 9.17) is 0 Å². The highest BCUT2D eigenvalue weighted by Crippen LogP contribution is 2.23. The molecule has 1 aromatic rings. The molecule has 1 atom stereocenters. The van der Waals surface area contributed by atoms with E-state index in [1.165, 1.54) is 17.4 Å². The maximum atomic E-state index is 12.0. The number of carbonyl (C=O) groups is 1. The Morgan fingerprint density at radius 2 is 2.14 bits per heavy atom. The van der Waals surface area contributed by atoms with Crippen molar-refractivity contribution in [2.24, 2.45) is 0 Å². The van der Waals surface area contributed by atoms with Gasteiger partial charge in [0.25, 0.3) is 0 Å². The standard InChI is InChI=1S/C15H24N2O3S2/c1-11(2)22(19,20)12(3)15(18)16-6-8-17-7-4-14-13(10-17)5-9-21-14/h5,9,11-12H,4,6-8,10H2,1-3H3,(H,16,18)/t12-/m1/s1. The molecule has 124 valence electrons. The van der Waals surface area contributed by atoms with Gasteiger partial charge in [0.15, 0.2) is 9.84 Å². The van der Waals surface area contributed by atoms with Gasteiger partial charge in [-0.1, -0.05) is 0 Å². The van der Waals surface area contributed by atoms with Crippen molar-refractivity contribution in [1.82, 2.24) is 10.2 Å². The molecule has 0 fully saturated rings. The van der Waals surface area contributed by atoms with E-state index < -0.39 is 26.2 Å². The third-order valence-corrected chi connectivity index (χ3v) is 7.67. The lowest BCUT2D eigenvalue weighted by Gasteiger charge is -2.27. The van der Waals surface area contributed by atoms with Gasteiger partial charge in [0.2, 0.25) is 5.91 Å². The minimum atomic E-state index is -3.39. The molecule has 7 heteroatoms. The largest absolute Gasteiger partial charge is 0.354 e. The number of thiophene rings is 1. The molecule has 0 saturated carbocycles. The second-order valence-corrected chi connectivity index (χ2v) is 9.79. The summed E-state index contributed by atoms with van der Waals surface area (Å²) in [6, 6.07) is 2.15. The number of nitrogens with one attached hydrogen (secondary N) is 1. The van der Waals surface area contributed by atoms with Crippen LogP contribution in [0.15, 0.2) is 11.4 Å². The van der Waals surface area contributed by atoms with Crippen molar-refractivity contribution in [3.63, 3.8) is 0 Å². The molecule has 0 radical (unpaired) electrons. The fourth-order valence-corrected chi connectivity index (χ4v) is 4.62. The van der Waals surface area contributed by atoms with Crippen LogP contribution in [0.5, 0.6) is 0 Å². The number of rotatable bonds is 6. The summed E-state index contributed by atoms with van der Waals surface area (Å²) in [6.07, 6.45) is 1.05. The molecule has 0 spiro atoms. The quantitative estimate of drug-likeness (QED) is 0.848. The summed E-state index contributed by atoms with van der Waals surface area (Å²) in [5.41, 5.74) is 1.37. The first-order valence-electron chi connectivity index (χ1n) is 7.60. The smallest absolute Gasteiger partial charge is 0.238 e. The molecule has 1 N–H and O–H groups in total. The van der Waals surface area contributed by atoms with Gasteiger partial charge in [0.1, 0.15) is 5.25 Å². The zero-order valence-corrected chi connectivity index (χ0v) is 15.0. The number of hydrogen-bond acceptors (Lipinski definition) is 5. The Balaban J connectivity index is 1.78. The Kier molecular flexibility index (Phi) is 5.63. The average molecular weight is 345 g/mol. The Labute approximate surface area is 136 Å². The van der Waals surface area contributed by atoms with E-state index in [9.17, 15) is 13.2 Å². The molecule has 0 aliphatic carbocycles. The fraction of sp³-hybridized carbons (Fsp3) is 0.667. The zero-order valence-electron chi connectivity index (χ0n) is 13.3. The van der Waals surface area contributed by atoms with E-state index in [1.54, 1.807) is 25.2 Å². The predicted molar refractivity (Wildman–Crippen MR) is 89.8 cm³/mol. The van der Waals surface area contributed by atoms with Gasteiger partial charge in [-0.2, -0.15) is 0 Å². The van der Waals surface area contributed by atoms with Crippen LogP contribution >= 0.6 is 11.3 Å². The molecule has 5 nitrogen and oxygen atoms in total. The molecule has 1 amide bonds. The molecule has 2 rings (SSSR count). The summed E-state index contributed by atoms with van der Waals surface area (Å²) in [4.78, 5) is 15.7. The van der Waals surface area contributed by atoms with Crippen molar-refractivity contribution in [3.05, 3.63) is 21.9 Å². The van der Waals surface area contributed by atoms with Crippen molar-refractivity contribution in [1.29, 1.82) is 0 Å². The van der Waals surface area contributed by atoms with Crippen molar-refractivity contribution in [2.45, 2.75) is 44.2 Å². The highest BCUT2D eigenvalue weighted by molar-refractivity contribution is 7.93. The van der Waals surface area contributed by atoms with Crippen LogP contribution in [0.3, 0.4) is 0 Å². The normalized spacial score (nSPS) is 17.3. The van der Waals surface area contributed by atoms with E-state index in [1.807, 2.05) is 0 Å². The number of carbonyl (C=O) groups excluding carboxylic acids is 1. The van der Waals surface area contributed by atoms with Gasteiger partial charge in [0.05, 0.1) is 5.25 Å². The summed E-state index contributed by atoms with van der Waals surface area (Å²) >= 11 is 1.80. The molecular formula is C15H24N2O3S2. The van der Waals surface area contributed by atoms with E-state index >= 15 is 0 Å². The third kappa shape index (κ3) is 3.88. The second-order valence-electron chi connectivity index (χ2n) is 5.97. The lowest BCUT2D eigenvalue weighted by Crippen LogP contribution is -2.44. The number of hydrogen-bond donors (Lipinski definition) is 1. The summed E-state index contributed by atoms with van der Waals surface area (Å²) in [6.45, 7) is 7.79. The summed E-state index contributed by atoms with van der Waals surface area (Å²) < 4.78 is 23.9. The predicted octanol–water partition coefficient (Wildman–Crippen LogP) is 1.43. The molecule has 0 aromatic carbocycles. The van der Waals surface area contributed by atoms with Crippen LogP contribution in [0.25, 0.3) is 0 Å². The maximum absolute atomic E-state index is 12.0. The van der Waals surface area contributed by atoms with Gasteiger partial charge in [-0.3, -0.25) is 9.69 Å². The molecule has 0 saturated heterocycles. The molecule has 1 aliphatic heterocycles. The van der Waals surface area contributed by atoms with E-state index in [0.29, 0.717) is 6.54 Å². The van der Waals surface area contributed by atoms with Gasteiger partial charge in [-0.25, -0.2) is 8.42 Å². The number of fused-ring (bicyclic) bond motifs is 1. The van der Waals surface area contributed by atoms with E-state index in [0.717, 1.165) is 26.1 Å². The lowest BCUT2D eigenvalue weighted by atomic mass is 10.1. The highest BCUT2D eigenvalue weighted by atomic mass is 32.2. The van der Waals surface area contributed by atoms with Crippen molar-refractivity contribution in [2.75, 3.05) is 19.6 Å². The number of nitrogens with zero attached hydrogens (tertiary/aromatic N) is 1. The van der Waals surface area contributed by atoms with Crippen molar-refractivity contribution < 1.29 is 13.2 Å². The Morgan fingerprint density at radius 3 is 2.82 bits per heavy atom. The van der Waals surface area contributed by atoms with Crippen LogP contribution in [0.2, 0.25) is 0 Å². The fourth-order valence-electron chi connectivity index (χ4n) is 2.54. The van der Waals surface area contributed by atoms with Crippen LogP contribution in [-0.4, -0.2) is 49.4 Å². The minimum absolute atomic E-state index is 0.401. The first kappa shape index (κ1) is 17.4. The molecule has 1 aliphatic rings. The minimum Gasteiger partial charge on any atom is -0.354 e. The number of amides is 1. The summed E-state index contributed by atoms with van der Waals surface area (Å²) in [5.74, 6) is -0.401. The molecule has 0 unspecified atom stereocenters. The van der Waals surface area contributed by atoms with Crippen LogP contribution in [0, 0.1) is 0 Å². The first-order chi connectivity index (χ1) is 10.3. The molecule has 22 heavy (non-hydrogen) atoms. The Hall–Kier alpha value is -0.920. The van der Waals surface area contributed by atoms with Gasteiger partial charge in [-0.05, 0) is 44.2 Å². The maximum Gasteiger partial charge on any atom is 0.238 e. The van der Waals surface area contributed by atoms with Gasteiger partial charge >= 0.3 is 0 Å². The third-order valence-electron chi connectivity index (χ3n) is 4.13.